The highest BCUT2D eigenvalue weighted by atomic mass is 16.2. The second-order valence-corrected chi connectivity index (χ2v) is 10.1. The molecule has 0 radical (unpaired) electrons. The highest BCUT2D eigenvalue weighted by molar-refractivity contribution is 6.09. The van der Waals surface area contributed by atoms with Crippen molar-refractivity contribution < 1.29 is 4.79 Å². The maximum absolute atomic E-state index is 13.8. The van der Waals surface area contributed by atoms with E-state index in [2.05, 4.69) is 30.6 Å². The van der Waals surface area contributed by atoms with Crippen molar-refractivity contribution in [3.63, 3.8) is 0 Å². The molecule has 12 heteroatoms. The maximum Gasteiger partial charge on any atom is 0.316 e. The van der Waals surface area contributed by atoms with E-state index in [-0.39, 0.29) is 5.56 Å². The van der Waals surface area contributed by atoms with Gasteiger partial charge in [-0.1, -0.05) is 18.2 Å². The number of fused-ring (bicyclic) bond motifs is 3. The number of aromatic nitrogens is 7. The average Bonchev–Trinajstić information content (AvgIpc) is 3.71. The van der Waals surface area contributed by atoms with Gasteiger partial charge < -0.3 is 26.3 Å². The number of carbonyl (C=O) groups excluding carboxylic acids is 1. The van der Waals surface area contributed by atoms with Gasteiger partial charge in [0.1, 0.15) is 23.3 Å². The topological polar surface area (TPSA) is 164 Å². The molecule has 2 aromatic carbocycles. The Morgan fingerprint density at radius 3 is 2.69 bits per heavy atom. The Kier molecular flexibility index (Phi) is 5.75. The van der Waals surface area contributed by atoms with Crippen LogP contribution >= 0.6 is 0 Å². The molecular formula is C30H26N10O2. The number of nitrogens with two attached hydrogens (primary N) is 1. The van der Waals surface area contributed by atoms with Crippen molar-refractivity contribution in [3.05, 3.63) is 101 Å². The minimum absolute atomic E-state index is 0.161. The first-order chi connectivity index (χ1) is 20.4. The van der Waals surface area contributed by atoms with Gasteiger partial charge >= 0.3 is 6.03 Å². The number of nitrogens with zero attached hydrogens (tertiary/aromatic N) is 5. The molecule has 0 saturated carbocycles. The molecule has 6 N–H and O–H groups in total. The first-order valence-electron chi connectivity index (χ1n) is 13.3. The molecule has 0 spiro atoms. The van der Waals surface area contributed by atoms with E-state index < -0.39 is 12.1 Å². The lowest BCUT2D eigenvalue weighted by molar-refractivity contribution is 0.259. The van der Waals surface area contributed by atoms with E-state index in [1.807, 2.05) is 80.8 Å². The number of primary amides is 1. The number of anilines is 2. The zero-order valence-corrected chi connectivity index (χ0v) is 22.7. The Morgan fingerprint density at radius 2 is 1.88 bits per heavy atom. The van der Waals surface area contributed by atoms with E-state index in [1.54, 1.807) is 15.3 Å². The molecule has 7 rings (SSSR count). The van der Waals surface area contributed by atoms with Gasteiger partial charge in [0.05, 0.1) is 17.1 Å². The monoisotopic (exact) mass is 558 g/mol. The van der Waals surface area contributed by atoms with Gasteiger partial charge in [0.25, 0.3) is 5.56 Å². The van der Waals surface area contributed by atoms with Gasteiger partial charge in [-0.15, -0.1) is 0 Å². The van der Waals surface area contributed by atoms with Crippen LogP contribution in [0.25, 0.3) is 44.3 Å². The molecule has 0 aliphatic rings. The van der Waals surface area contributed by atoms with E-state index in [1.165, 1.54) is 6.33 Å². The Labute approximate surface area is 238 Å². The number of urea groups is 1. The predicted molar refractivity (Wildman–Crippen MR) is 162 cm³/mol. The van der Waals surface area contributed by atoms with Gasteiger partial charge in [0.2, 0.25) is 0 Å². The van der Waals surface area contributed by atoms with E-state index in [0.29, 0.717) is 34.2 Å². The number of nitrogens with one attached hydrogen (secondary N) is 4. The molecule has 5 aromatic heterocycles. The van der Waals surface area contributed by atoms with E-state index >= 15 is 0 Å². The quantitative estimate of drug-likeness (QED) is 0.195. The Morgan fingerprint density at radius 1 is 1.05 bits per heavy atom. The van der Waals surface area contributed by atoms with Gasteiger partial charge in [-0.2, -0.15) is 5.10 Å². The summed E-state index contributed by atoms with van der Waals surface area (Å²) in [7, 11) is 0. The van der Waals surface area contributed by atoms with E-state index in [9.17, 15) is 9.59 Å². The highest BCUT2D eigenvalue weighted by Gasteiger charge is 2.22. The summed E-state index contributed by atoms with van der Waals surface area (Å²) in [5.74, 6) is 1.07. The molecule has 0 fully saturated rings. The fraction of sp³-hybridized carbons (Fsp3) is 0.100. The van der Waals surface area contributed by atoms with Gasteiger partial charge in [-0.3, -0.25) is 9.36 Å². The Balaban J connectivity index is 1.38. The fourth-order valence-corrected chi connectivity index (χ4v) is 5.50. The molecule has 12 nitrogen and oxygen atoms in total. The van der Waals surface area contributed by atoms with Crippen molar-refractivity contribution in [3.8, 4) is 16.8 Å². The van der Waals surface area contributed by atoms with Crippen LogP contribution in [0.2, 0.25) is 0 Å². The highest BCUT2D eigenvalue weighted by Crippen LogP contribution is 2.38. The molecule has 1 unspecified atom stereocenters. The summed E-state index contributed by atoms with van der Waals surface area (Å²) in [6.07, 6.45) is 6.96. The zero-order chi connectivity index (χ0) is 29.0. The maximum atomic E-state index is 13.8. The van der Waals surface area contributed by atoms with Gasteiger partial charge in [0.15, 0.2) is 5.82 Å². The molecule has 42 heavy (non-hydrogen) atoms. The number of hydrogen-bond donors (Lipinski definition) is 5. The lowest BCUT2D eigenvalue weighted by atomic mass is 10.0. The normalized spacial score (nSPS) is 12.2. The second-order valence-electron chi connectivity index (χ2n) is 10.1. The molecule has 2 amide bonds. The summed E-state index contributed by atoms with van der Waals surface area (Å²) in [6, 6.07) is 15.9. The summed E-state index contributed by atoms with van der Waals surface area (Å²) < 4.78 is 3.26. The third-order valence-electron chi connectivity index (χ3n) is 7.36. The van der Waals surface area contributed by atoms with Crippen LogP contribution in [0, 0.1) is 6.92 Å². The standard InChI is InChI=1S/C30H26N10O2/c1-16-9-11-39-25(16)29(41)40(19-6-4-3-5-7-19)28(38-39)17(2)36-27-24-22(14-33-26(24)34-15-35-27)21-12-18(37-30(31)42)13-23-20(21)8-10-32-23/h3-15,17,32H,1-2H3,(H3,31,37,42)(H2,33,34,35,36). The molecule has 1 atom stereocenters. The number of aromatic amines is 2. The third-order valence-corrected chi connectivity index (χ3v) is 7.36. The number of benzene rings is 2. The molecule has 5 heterocycles. The number of amides is 2. The van der Waals surface area contributed by atoms with Gasteiger partial charge in [0, 0.05) is 40.7 Å². The summed E-state index contributed by atoms with van der Waals surface area (Å²) in [4.78, 5) is 40.9. The lowest BCUT2D eigenvalue weighted by Crippen LogP contribution is -2.29. The van der Waals surface area contributed by atoms with Crippen LogP contribution in [0.3, 0.4) is 0 Å². The molecule has 0 saturated heterocycles. The van der Waals surface area contributed by atoms with Crippen LogP contribution in [0.1, 0.15) is 24.4 Å². The summed E-state index contributed by atoms with van der Waals surface area (Å²) >= 11 is 0. The number of H-pyrrole nitrogens is 2. The van der Waals surface area contributed by atoms with Crippen molar-refractivity contribution in [2.45, 2.75) is 19.9 Å². The van der Waals surface area contributed by atoms with Crippen molar-refractivity contribution in [2.24, 2.45) is 5.73 Å². The molecular weight excluding hydrogens is 532 g/mol. The zero-order valence-electron chi connectivity index (χ0n) is 22.7. The first kappa shape index (κ1) is 25.1. The third kappa shape index (κ3) is 4.04. The summed E-state index contributed by atoms with van der Waals surface area (Å²) in [5, 5.41) is 12.7. The van der Waals surface area contributed by atoms with Crippen molar-refractivity contribution in [2.75, 3.05) is 10.6 Å². The van der Waals surface area contributed by atoms with E-state index in [0.717, 1.165) is 33.0 Å². The Hall–Kier alpha value is -5.91. The van der Waals surface area contributed by atoms with Crippen molar-refractivity contribution in [1.29, 1.82) is 0 Å². The number of aryl methyl sites for hydroxylation is 1. The van der Waals surface area contributed by atoms with E-state index in [4.69, 9.17) is 10.8 Å². The fourth-order valence-electron chi connectivity index (χ4n) is 5.50. The van der Waals surface area contributed by atoms with Crippen LogP contribution in [0.4, 0.5) is 16.3 Å². The SMILES string of the molecule is Cc1ccn2nc(C(C)Nc3ncnc4[nH]cc(-c5cc(NC(N)=O)cc6[nH]ccc56)c34)n(-c3ccccc3)c(=O)c12. The first-order valence-corrected chi connectivity index (χ1v) is 13.3. The van der Waals surface area contributed by atoms with Crippen LogP contribution in [0.5, 0.6) is 0 Å². The van der Waals surface area contributed by atoms with Crippen molar-refractivity contribution in [1.82, 2.24) is 34.1 Å². The molecule has 7 aromatic rings. The van der Waals surface area contributed by atoms with Crippen LogP contribution in [0.15, 0.2) is 84.3 Å². The predicted octanol–water partition coefficient (Wildman–Crippen LogP) is 4.88. The molecule has 0 bridgehead atoms. The van der Waals surface area contributed by atoms with Crippen LogP contribution < -0.4 is 21.9 Å². The van der Waals surface area contributed by atoms with Crippen molar-refractivity contribution >= 4 is 45.0 Å². The van der Waals surface area contributed by atoms with Crippen LogP contribution in [-0.2, 0) is 0 Å². The second kappa shape index (κ2) is 9.63. The minimum Gasteiger partial charge on any atom is -0.361 e. The molecule has 208 valence electrons. The van der Waals surface area contributed by atoms with Gasteiger partial charge in [-0.25, -0.2) is 19.3 Å². The summed E-state index contributed by atoms with van der Waals surface area (Å²) in [5.41, 5.74) is 11.0. The summed E-state index contributed by atoms with van der Waals surface area (Å²) in [6.45, 7) is 3.83. The Bertz CT molecular complexity index is 2190. The number of carbonyl (C=O) groups is 1. The number of rotatable bonds is 6. The number of hydrogen-bond acceptors (Lipinski definition) is 6. The number of para-hydroxylation sites is 1. The largest absolute Gasteiger partial charge is 0.361 e. The molecule has 0 aliphatic heterocycles. The smallest absolute Gasteiger partial charge is 0.316 e. The molecule has 0 aliphatic carbocycles. The average molecular weight is 559 g/mol. The lowest BCUT2D eigenvalue weighted by Gasteiger charge is -2.20. The van der Waals surface area contributed by atoms with Gasteiger partial charge in [-0.05, 0) is 61.4 Å². The van der Waals surface area contributed by atoms with Crippen LogP contribution in [-0.4, -0.2) is 40.1 Å². The minimum atomic E-state index is -0.655.